The highest BCUT2D eigenvalue weighted by molar-refractivity contribution is 5.89. The highest BCUT2D eigenvalue weighted by Gasteiger charge is 2.36. The molecule has 1 saturated carbocycles. The van der Waals surface area contributed by atoms with Crippen LogP contribution in [0.4, 0.5) is 0 Å². The minimum atomic E-state index is -0.119. The van der Waals surface area contributed by atoms with Crippen LogP contribution in [0.2, 0.25) is 0 Å². The molecule has 0 radical (unpaired) electrons. The smallest absolute Gasteiger partial charge is 0.225 e. The van der Waals surface area contributed by atoms with Crippen molar-refractivity contribution in [2.75, 3.05) is 13.1 Å². The molecule has 1 atom stereocenters. The van der Waals surface area contributed by atoms with Crippen molar-refractivity contribution in [3.05, 3.63) is 0 Å². The predicted molar refractivity (Wildman–Crippen MR) is 60.7 cm³/mol. The number of carbonyl (C=O) groups excluding carboxylic acids is 2. The Morgan fingerprint density at radius 1 is 1.50 bits per heavy atom. The average Bonchev–Trinajstić information content (AvgIpc) is 2.92. The summed E-state index contributed by atoms with van der Waals surface area (Å²) in [4.78, 5) is 25.3. The summed E-state index contributed by atoms with van der Waals surface area (Å²) in [6.45, 7) is 5.55. The van der Waals surface area contributed by atoms with Gasteiger partial charge in [0.1, 0.15) is 0 Å². The van der Waals surface area contributed by atoms with Gasteiger partial charge in [0.15, 0.2) is 0 Å². The van der Waals surface area contributed by atoms with Crippen LogP contribution in [-0.2, 0) is 9.59 Å². The van der Waals surface area contributed by atoms with Crippen molar-refractivity contribution in [1.29, 1.82) is 0 Å². The SMILES string of the molecule is CC(C)CN1C[C@@H](C(=O)NC2CC2)CC1=O. The van der Waals surface area contributed by atoms with Crippen LogP contribution in [0.3, 0.4) is 0 Å². The molecule has 2 fully saturated rings. The van der Waals surface area contributed by atoms with E-state index < -0.39 is 0 Å². The van der Waals surface area contributed by atoms with Gasteiger partial charge in [0.05, 0.1) is 5.92 Å². The lowest BCUT2D eigenvalue weighted by Crippen LogP contribution is -2.35. The Kier molecular flexibility index (Phi) is 3.17. The third-order valence-electron chi connectivity index (χ3n) is 3.09. The first-order valence-corrected chi connectivity index (χ1v) is 6.14. The average molecular weight is 224 g/mol. The van der Waals surface area contributed by atoms with Crippen LogP contribution < -0.4 is 5.32 Å². The molecule has 0 aromatic rings. The third kappa shape index (κ3) is 2.74. The zero-order valence-corrected chi connectivity index (χ0v) is 10.0. The third-order valence-corrected chi connectivity index (χ3v) is 3.09. The molecule has 0 spiro atoms. The van der Waals surface area contributed by atoms with Gasteiger partial charge in [-0.05, 0) is 18.8 Å². The Morgan fingerprint density at radius 3 is 2.75 bits per heavy atom. The molecule has 0 aromatic heterocycles. The molecule has 2 rings (SSSR count). The highest BCUT2D eigenvalue weighted by atomic mass is 16.2. The summed E-state index contributed by atoms with van der Waals surface area (Å²) in [5.74, 6) is 0.549. The lowest BCUT2D eigenvalue weighted by atomic mass is 10.1. The Bertz CT molecular complexity index is 297. The summed E-state index contributed by atoms with van der Waals surface area (Å²) in [7, 11) is 0. The minimum absolute atomic E-state index is 0.0714. The van der Waals surface area contributed by atoms with E-state index in [2.05, 4.69) is 19.2 Å². The van der Waals surface area contributed by atoms with E-state index in [4.69, 9.17) is 0 Å². The number of nitrogens with one attached hydrogen (secondary N) is 1. The van der Waals surface area contributed by atoms with Crippen LogP contribution in [-0.4, -0.2) is 35.8 Å². The van der Waals surface area contributed by atoms with Crippen molar-refractivity contribution in [2.45, 2.75) is 39.2 Å². The molecule has 1 saturated heterocycles. The number of nitrogens with zero attached hydrogens (tertiary/aromatic N) is 1. The molecule has 4 heteroatoms. The zero-order chi connectivity index (χ0) is 11.7. The molecular weight excluding hydrogens is 204 g/mol. The van der Waals surface area contributed by atoms with Gasteiger partial charge in [-0.3, -0.25) is 9.59 Å². The molecule has 1 aliphatic heterocycles. The molecule has 90 valence electrons. The number of carbonyl (C=O) groups is 2. The van der Waals surface area contributed by atoms with Gasteiger partial charge in [0.25, 0.3) is 0 Å². The van der Waals surface area contributed by atoms with Crippen molar-refractivity contribution >= 4 is 11.8 Å². The first kappa shape index (κ1) is 11.4. The van der Waals surface area contributed by atoms with E-state index in [0.29, 0.717) is 24.9 Å². The number of likely N-dealkylation sites (tertiary alicyclic amines) is 1. The van der Waals surface area contributed by atoms with Gasteiger partial charge >= 0.3 is 0 Å². The topological polar surface area (TPSA) is 49.4 Å². The van der Waals surface area contributed by atoms with Crippen molar-refractivity contribution < 1.29 is 9.59 Å². The summed E-state index contributed by atoms with van der Waals surface area (Å²) in [6.07, 6.45) is 2.59. The van der Waals surface area contributed by atoms with Gasteiger partial charge in [0.2, 0.25) is 11.8 Å². The lowest BCUT2D eigenvalue weighted by molar-refractivity contribution is -0.129. The fraction of sp³-hybridized carbons (Fsp3) is 0.833. The summed E-state index contributed by atoms with van der Waals surface area (Å²) in [6, 6.07) is 0.391. The van der Waals surface area contributed by atoms with E-state index in [1.165, 1.54) is 0 Å². The molecule has 16 heavy (non-hydrogen) atoms. The first-order valence-electron chi connectivity index (χ1n) is 6.14. The summed E-state index contributed by atoms with van der Waals surface area (Å²) >= 11 is 0. The van der Waals surface area contributed by atoms with Crippen molar-refractivity contribution in [1.82, 2.24) is 10.2 Å². The van der Waals surface area contributed by atoms with Gasteiger partial charge in [-0.15, -0.1) is 0 Å². The summed E-state index contributed by atoms with van der Waals surface area (Å²) in [5.41, 5.74) is 0. The van der Waals surface area contributed by atoms with E-state index in [9.17, 15) is 9.59 Å². The van der Waals surface area contributed by atoms with E-state index in [0.717, 1.165) is 19.4 Å². The maximum Gasteiger partial charge on any atom is 0.225 e. The zero-order valence-electron chi connectivity index (χ0n) is 10.0. The van der Waals surface area contributed by atoms with Crippen molar-refractivity contribution in [2.24, 2.45) is 11.8 Å². The van der Waals surface area contributed by atoms with Gasteiger partial charge in [0, 0.05) is 25.6 Å². The second kappa shape index (κ2) is 4.44. The van der Waals surface area contributed by atoms with Crippen LogP contribution in [0.25, 0.3) is 0 Å². The fourth-order valence-corrected chi connectivity index (χ4v) is 2.11. The van der Waals surface area contributed by atoms with Crippen LogP contribution in [0.1, 0.15) is 33.1 Å². The Balaban J connectivity index is 1.84. The van der Waals surface area contributed by atoms with Gasteiger partial charge in [-0.1, -0.05) is 13.8 Å². The molecule has 1 N–H and O–H groups in total. The largest absolute Gasteiger partial charge is 0.353 e. The maximum absolute atomic E-state index is 11.8. The Morgan fingerprint density at radius 2 is 2.19 bits per heavy atom. The van der Waals surface area contributed by atoms with Crippen LogP contribution in [0.5, 0.6) is 0 Å². The molecule has 0 aromatic carbocycles. The van der Waals surface area contributed by atoms with Crippen molar-refractivity contribution in [3.8, 4) is 0 Å². The second-order valence-corrected chi connectivity index (χ2v) is 5.38. The standard InChI is InChI=1S/C12H20N2O2/c1-8(2)6-14-7-9(5-11(14)15)12(16)13-10-3-4-10/h8-10H,3-7H2,1-2H3,(H,13,16)/t9-/m0/s1. The first-order chi connectivity index (χ1) is 7.56. The number of rotatable bonds is 4. The van der Waals surface area contributed by atoms with E-state index in [1.807, 2.05) is 4.90 Å². The Labute approximate surface area is 96.4 Å². The van der Waals surface area contributed by atoms with Gasteiger partial charge in [-0.25, -0.2) is 0 Å². The minimum Gasteiger partial charge on any atom is -0.353 e. The van der Waals surface area contributed by atoms with Crippen LogP contribution in [0.15, 0.2) is 0 Å². The molecule has 4 nitrogen and oxygen atoms in total. The normalized spacial score (nSPS) is 25.3. The van der Waals surface area contributed by atoms with E-state index >= 15 is 0 Å². The maximum atomic E-state index is 11.8. The fourth-order valence-electron chi connectivity index (χ4n) is 2.11. The molecule has 0 unspecified atom stereocenters. The molecule has 0 bridgehead atoms. The molecule has 1 heterocycles. The van der Waals surface area contributed by atoms with Crippen molar-refractivity contribution in [3.63, 3.8) is 0 Å². The monoisotopic (exact) mass is 224 g/mol. The molecule has 2 amide bonds. The molecule has 2 aliphatic rings. The summed E-state index contributed by atoms with van der Waals surface area (Å²) < 4.78 is 0. The second-order valence-electron chi connectivity index (χ2n) is 5.38. The molecular formula is C12H20N2O2. The highest BCUT2D eigenvalue weighted by Crippen LogP contribution is 2.23. The van der Waals surface area contributed by atoms with Gasteiger partial charge < -0.3 is 10.2 Å². The lowest BCUT2D eigenvalue weighted by Gasteiger charge is -2.18. The van der Waals surface area contributed by atoms with Crippen LogP contribution >= 0.6 is 0 Å². The number of amides is 2. The predicted octanol–water partition coefficient (Wildman–Crippen LogP) is 0.769. The molecule has 1 aliphatic carbocycles. The quantitative estimate of drug-likeness (QED) is 0.766. The summed E-state index contributed by atoms with van der Waals surface area (Å²) in [5, 5.41) is 2.97. The number of hydrogen-bond acceptors (Lipinski definition) is 2. The van der Waals surface area contributed by atoms with E-state index in [-0.39, 0.29) is 17.7 Å². The number of hydrogen-bond donors (Lipinski definition) is 1. The van der Waals surface area contributed by atoms with Gasteiger partial charge in [-0.2, -0.15) is 0 Å². The van der Waals surface area contributed by atoms with E-state index in [1.54, 1.807) is 0 Å². The van der Waals surface area contributed by atoms with Crippen LogP contribution in [0, 0.1) is 11.8 Å². The Hall–Kier alpha value is -1.06.